The van der Waals surface area contributed by atoms with Gasteiger partial charge in [0.05, 0.1) is 0 Å². The molecule has 6 heteroatoms. The average Bonchev–Trinajstić information content (AvgIpc) is 2.15. The van der Waals surface area contributed by atoms with Gasteiger partial charge in [0.2, 0.25) is 5.91 Å². The summed E-state index contributed by atoms with van der Waals surface area (Å²) in [7, 11) is 0. The number of nitrogens with two attached hydrogens (primary N) is 1. The van der Waals surface area contributed by atoms with Gasteiger partial charge in [-0.25, -0.2) is 0 Å². The highest BCUT2D eigenvalue weighted by molar-refractivity contribution is 5.77. The van der Waals surface area contributed by atoms with Crippen molar-refractivity contribution in [1.82, 2.24) is 5.32 Å². The van der Waals surface area contributed by atoms with Crippen LogP contribution in [-0.2, 0) is 9.59 Å². The molecule has 0 aliphatic rings. The molecule has 0 heterocycles. The van der Waals surface area contributed by atoms with Gasteiger partial charge in [-0.3, -0.25) is 9.59 Å². The Labute approximate surface area is 88.5 Å². The predicted octanol–water partition coefficient (Wildman–Crippen LogP) is -0.933. The number of carbonyl (C=O) groups excluding carboxylic acids is 1. The normalized spacial score (nSPS) is 12.3. The van der Waals surface area contributed by atoms with Gasteiger partial charge in [-0.15, -0.1) is 0 Å². The average molecular weight is 218 g/mol. The van der Waals surface area contributed by atoms with Crippen LogP contribution < -0.4 is 11.1 Å². The van der Waals surface area contributed by atoms with Crippen LogP contribution in [0.5, 0.6) is 0 Å². The summed E-state index contributed by atoms with van der Waals surface area (Å²) in [6.45, 7) is 0.608. The van der Waals surface area contributed by atoms with Crippen LogP contribution in [0.3, 0.4) is 0 Å². The number of aliphatic hydroxyl groups excluding tert-OH is 1. The number of carbonyl (C=O) groups is 2. The van der Waals surface area contributed by atoms with Gasteiger partial charge in [0.1, 0.15) is 6.04 Å². The lowest BCUT2D eigenvalue weighted by atomic mass is 10.1. The number of nitrogens with one attached hydrogen (secondary N) is 1. The summed E-state index contributed by atoms with van der Waals surface area (Å²) >= 11 is 0. The lowest BCUT2D eigenvalue weighted by molar-refractivity contribution is -0.139. The molecule has 0 rings (SSSR count). The Morgan fingerprint density at radius 1 is 1.33 bits per heavy atom. The number of carboxylic acids is 1. The molecule has 0 aromatic heterocycles. The first-order valence-corrected chi connectivity index (χ1v) is 4.93. The Hall–Kier alpha value is -1.14. The van der Waals surface area contributed by atoms with E-state index in [1.54, 1.807) is 0 Å². The van der Waals surface area contributed by atoms with E-state index in [0.29, 0.717) is 19.4 Å². The Morgan fingerprint density at radius 2 is 2.00 bits per heavy atom. The number of unbranched alkanes of at least 4 members (excludes halogenated alkanes) is 1. The van der Waals surface area contributed by atoms with Gasteiger partial charge in [-0.2, -0.15) is 0 Å². The number of primary amides is 1. The molecule has 0 aromatic rings. The third-order valence-electron chi connectivity index (χ3n) is 1.95. The van der Waals surface area contributed by atoms with Crippen LogP contribution in [0.15, 0.2) is 0 Å². The lowest BCUT2D eigenvalue weighted by Crippen LogP contribution is -2.38. The van der Waals surface area contributed by atoms with E-state index < -0.39 is 17.9 Å². The molecule has 5 N–H and O–H groups in total. The van der Waals surface area contributed by atoms with Crippen molar-refractivity contribution in [1.29, 1.82) is 0 Å². The second-order valence-electron chi connectivity index (χ2n) is 3.28. The quantitative estimate of drug-likeness (QED) is 0.373. The van der Waals surface area contributed by atoms with Crippen molar-refractivity contribution in [3.05, 3.63) is 0 Å². The monoisotopic (exact) mass is 218 g/mol. The maximum absolute atomic E-state index is 10.7. The summed E-state index contributed by atoms with van der Waals surface area (Å²) in [5.74, 6) is -1.49. The molecule has 15 heavy (non-hydrogen) atoms. The van der Waals surface area contributed by atoms with Crippen LogP contribution in [0.1, 0.15) is 25.7 Å². The molecule has 0 fully saturated rings. The number of hydrogen-bond donors (Lipinski definition) is 4. The van der Waals surface area contributed by atoms with Crippen molar-refractivity contribution in [3.63, 3.8) is 0 Å². The van der Waals surface area contributed by atoms with Gasteiger partial charge in [0.15, 0.2) is 0 Å². The van der Waals surface area contributed by atoms with E-state index in [1.807, 2.05) is 0 Å². The van der Waals surface area contributed by atoms with Gasteiger partial charge in [-0.05, 0) is 25.8 Å². The predicted molar refractivity (Wildman–Crippen MR) is 54.2 cm³/mol. The molecule has 88 valence electrons. The van der Waals surface area contributed by atoms with Crippen LogP contribution in [0.2, 0.25) is 0 Å². The van der Waals surface area contributed by atoms with Gasteiger partial charge in [-0.1, -0.05) is 0 Å². The van der Waals surface area contributed by atoms with Crippen LogP contribution in [0, 0.1) is 0 Å². The van der Waals surface area contributed by atoms with Gasteiger partial charge < -0.3 is 21.3 Å². The third kappa shape index (κ3) is 7.90. The summed E-state index contributed by atoms with van der Waals surface area (Å²) in [4.78, 5) is 21.2. The Morgan fingerprint density at radius 3 is 2.47 bits per heavy atom. The summed E-state index contributed by atoms with van der Waals surface area (Å²) in [5.41, 5.74) is 4.92. The van der Waals surface area contributed by atoms with Gasteiger partial charge >= 0.3 is 5.97 Å². The molecule has 0 saturated heterocycles. The number of aliphatic hydroxyl groups is 1. The Bertz CT molecular complexity index is 208. The van der Waals surface area contributed by atoms with Crippen molar-refractivity contribution in [2.24, 2.45) is 5.73 Å². The highest BCUT2D eigenvalue weighted by atomic mass is 16.4. The number of rotatable bonds is 9. The van der Waals surface area contributed by atoms with E-state index in [9.17, 15) is 9.59 Å². The van der Waals surface area contributed by atoms with Crippen molar-refractivity contribution >= 4 is 11.9 Å². The second kappa shape index (κ2) is 8.19. The molecule has 0 bridgehead atoms. The number of amides is 1. The van der Waals surface area contributed by atoms with E-state index in [1.165, 1.54) is 0 Å². The zero-order chi connectivity index (χ0) is 11.7. The zero-order valence-corrected chi connectivity index (χ0v) is 8.61. The maximum atomic E-state index is 10.7. The van der Waals surface area contributed by atoms with Crippen molar-refractivity contribution in [3.8, 4) is 0 Å². The van der Waals surface area contributed by atoms with Crippen molar-refractivity contribution in [2.45, 2.75) is 31.7 Å². The molecular weight excluding hydrogens is 200 g/mol. The van der Waals surface area contributed by atoms with E-state index in [2.05, 4.69) is 5.32 Å². The topological polar surface area (TPSA) is 113 Å². The minimum atomic E-state index is -0.986. The van der Waals surface area contributed by atoms with Crippen molar-refractivity contribution in [2.75, 3.05) is 13.2 Å². The fourth-order valence-electron chi connectivity index (χ4n) is 1.11. The molecule has 0 aliphatic heterocycles. The summed E-state index contributed by atoms with van der Waals surface area (Å²) in [5, 5.41) is 20.1. The highest BCUT2D eigenvalue weighted by Crippen LogP contribution is 1.98. The standard InChI is InChI=1S/C9H18N2O4/c10-8(13)4-3-7(9(14)15)11-5-1-2-6-12/h7,11-12H,1-6H2,(H2,10,13)(H,14,15)/t7-/m0/s1. The maximum Gasteiger partial charge on any atom is 0.320 e. The van der Waals surface area contributed by atoms with E-state index >= 15 is 0 Å². The molecule has 0 saturated carbocycles. The first-order valence-electron chi connectivity index (χ1n) is 4.93. The van der Waals surface area contributed by atoms with Crippen molar-refractivity contribution < 1.29 is 19.8 Å². The van der Waals surface area contributed by atoms with Crippen LogP contribution >= 0.6 is 0 Å². The third-order valence-corrected chi connectivity index (χ3v) is 1.95. The Balaban J connectivity index is 3.73. The molecule has 0 aromatic carbocycles. The molecule has 6 nitrogen and oxygen atoms in total. The molecule has 0 aliphatic carbocycles. The van der Waals surface area contributed by atoms with E-state index in [-0.39, 0.29) is 19.4 Å². The van der Waals surface area contributed by atoms with E-state index in [0.717, 1.165) is 0 Å². The molecule has 0 radical (unpaired) electrons. The summed E-state index contributed by atoms with van der Waals surface area (Å²) in [6.07, 6.45) is 1.60. The number of aliphatic carboxylic acids is 1. The van der Waals surface area contributed by atoms with E-state index in [4.69, 9.17) is 15.9 Å². The summed E-state index contributed by atoms with van der Waals surface area (Å²) in [6, 6.07) is -0.740. The smallest absolute Gasteiger partial charge is 0.320 e. The molecule has 1 atom stereocenters. The fourth-order valence-corrected chi connectivity index (χ4v) is 1.11. The van der Waals surface area contributed by atoms with Gasteiger partial charge in [0.25, 0.3) is 0 Å². The SMILES string of the molecule is NC(=O)CC[C@H](NCCCCO)C(=O)O. The Kier molecular flexibility index (Phi) is 7.57. The van der Waals surface area contributed by atoms with Crippen LogP contribution in [0.4, 0.5) is 0 Å². The molecule has 0 spiro atoms. The summed E-state index contributed by atoms with van der Waals surface area (Å²) < 4.78 is 0. The minimum Gasteiger partial charge on any atom is -0.480 e. The molecule has 0 unspecified atom stereocenters. The molecule has 1 amide bonds. The highest BCUT2D eigenvalue weighted by Gasteiger charge is 2.16. The largest absolute Gasteiger partial charge is 0.480 e. The lowest BCUT2D eigenvalue weighted by Gasteiger charge is -2.12. The number of hydrogen-bond acceptors (Lipinski definition) is 4. The van der Waals surface area contributed by atoms with Crippen LogP contribution in [-0.4, -0.2) is 41.3 Å². The zero-order valence-electron chi connectivity index (χ0n) is 8.61. The minimum absolute atomic E-state index is 0.0595. The second-order valence-corrected chi connectivity index (χ2v) is 3.28. The first kappa shape index (κ1) is 13.9. The fraction of sp³-hybridized carbons (Fsp3) is 0.778. The first-order chi connectivity index (χ1) is 7.07. The molecular formula is C9H18N2O4. The van der Waals surface area contributed by atoms with Gasteiger partial charge in [0, 0.05) is 13.0 Å². The number of carboxylic acid groups (broad SMARTS) is 1. The van der Waals surface area contributed by atoms with Crippen LogP contribution in [0.25, 0.3) is 0 Å².